The minimum absolute atomic E-state index is 0.0984. The molecule has 0 saturated carbocycles. The van der Waals surface area contributed by atoms with E-state index in [1.807, 2.05) is 24.9 Å². The second-order valence-electron chi connectivity index (χ2n) is 9.63. The third-order valence-electron chi connectivity index (χ3n) is 6.88. The fourth-order valence-corrected chi connectivity index (χ4v) is 6.45. The van der Waals surface area contributed by atoms with Crippen LogP contribution in [0.3, 0.4) is 0 Å². The average Bonchev–Trinajstić information content (AvgIpc) is 3.54. The summed E-state index contributed by atoms with van der Waals surface area (Å²) in [4.78, 5) is 19.2. The van der Waals surface area contributed by atoms with Crippen LogP contribution in [0, 0.1) is 6.54 Å². The molecule has 10 nitrogen and oxygen atoms in total. The van der Waals surface area contributed by atoms with Gasteiger partial charge in [0.05, 0.1) is 36.1 Å². The van der Waals surface area contributed by atoms with Crippen molar-refractivity contribution in [2.45, 2.75) is 6.54 Å². The molecule has 0 spiro atoms. The first-order valence-corrected chi connectivity index (χ1v) is 15.3. The Labute approximate surface area is 220 Å². The number of benzene rings is 1. The third kappa shape index (κ3) is 5.48. The molecule has 37 heavy (non-hydrogen) atoms. The number of piperazine rings is 1. The Balaban J connectivity index is 1.27. The smallest absolute Gasteiger partial charge is 0.163 e. The zero-order chi connectivity index (χ0) is 25.4. The molecule has 0 aliphatic carbocycles. The van der Waals surface area contributed by atoms with Crippen molar-refractivity contribution >= 4 is 48.1 Å². The summed E-state index contributed by atoms with van der Waals surface area (Å²) in [5, 5.41) is 9.36. The number of thiophene rings is 1. The van der Waals surface area contributed by atoms with Crippen molar-refractivity contribution in [3.63, 3.8) is 0 Å². The molecule has 12 heteroatoms. The van der Waals surface area contributed by atoms with Crippen molar-refractivity contribution < 1.29 is 13.2 Å². The van der Waals surface area contributed by atoms with Gasteiger partial charge in [0.25, 0.3) is 0 Å². The lowest BCUT2D eigenvalue weighted by molar-refractivity contribution is 0.122. The van der Waals surface area contributed by atoms with Gasteiger partial charge in [-0.25, -0.2) is 18.4 Å². The van der Waals surface area contributed by atoms with Gasteiger partial charge in [0.15, 0.2) is 5.82 Å². The van der Waals surface area contributed by atoms with E-state index in [2.05, 4.69) is 37.0 Å². The van der Waals surface area contributed by atoms with Gasteiger partial charge in [-0.3, -0.25) is 14.9 Å². The van der Waals surface area contributed by atoms with Gasteiger partial charge in [-0.05, 0) is 12.1 Å². The number of nitrogens with zero attached hydrogens (tertiary/aromatic N) is 6. The van der Waals surface area contributed by atoms with Gasteiger partial charge in [-0.15, -0.1) is 11.3 Å². The summed E-state index contributed by atoms with van der Waals surface area (Å²) in [5.74, 6) is 1.78. The van der Waals surface area contributed by atoms with Crippen LogP contribution < -0.4 is 4.90 Å². The average molecular weight is 541 g/mol. The number of hydrogen-bond acceptors (Lipinski definition) is 10. The quantitative estimate of drug-likeness (QED) is 0.378. The highest BCUT2D eigenvalue weighted by Gasteiger charge is 2.23. The highest BCUT2D eigenvalue weighted by Crippen LogP contribution is 2.35. The van der Waals surface area contributed by atoms with Crippen LogP contribution >= 0.6 is 11.3 Å². The number of fused-ring (bicyclic) bond motifs is 2. The predicted molar refractivity (Wildman–Crippen MR) is 146 cm³/mol. The Bertz CT molecular complexity index is 1500. The van der Waals surface area contributed by atoms with Gasteiger partial charge in [-0.1, -0.05) is 12.1 Å². The Hall–Kier alpha value is -2.64. The van der Waals surface area contributed by atoms with Crippen LogP contribution in [0.1, 0.15) is 4.88 Å². The molecular weight excluding hydrogens is 510 g/mol. The fourth-order valence-electron chi connectivity index (χ4n) is 4.90. The molecule has 6 rings (SSSR count). The van der Waals surface area contributed by atoms with Crippen LogP contribution in [-0.4, -0.2) is 103 Å². The van der Waals surface area contributed by atoms with Gasteiger partial charge < -0.3 is 9.64 Å². The fraction of sp³-hybridized carbons (Fsp3) is 0.440. The van der Waals surface area contributed by atoms with Crippen LogP contribution in [0.15, 0.2) is 30.5 Å². The number of ether oxygens (including phenoxy) is 1. The Kier molecular flexibility index (Phi) is 6.84. The van der Waals surface area contributed by atoms with Crippen LogP contribution in [0.25, 0.3) is 32.5 Å². The summed E-state index contributed by atoms with van der Waals surface area (Å²) in [6.45, 7) is 9.10. The van der Waals surface area contributed by atoms with E-state index in [9.17, 15) is 8.42 Å². The van der Waals surface area contributed by atoms with E-state index in [-0.39, 0.29) is 5.75 Å². The molecular formula is C25H30N7O3S2. The molecule has 0 bridgehead atoms. The Morgan fingerprint density at radius 1 is 1.08 bits per heavy atom. The number of sulfone groups is 1. The molecule has 195 valence electrons. The first-order valence-electron chi connectivity index (χ1n) is 12.5. The number of hydrogen-bond donors (Lipinski definition) is 1. The maximum absolute atomic E-state index is 11.5. The zero-order valence-electron chi connectivity index (χ0n) is 20.8. The van der Waals surface area contributed by atoms with E-state index in [1.54, 1.807) is 11.3 Å². The SMILES string of the molecule is CS(=O)(=O)C[CH]N1CCN(Cc2cc3c(N4CCOCC4)nc(-c4cccc5[nH]ncc45)nc3s2)CC1. The van der Waals surface area contributed by atoms with Crippen molar-refractivity contribution in [2.75, 3.05) is 69.4 Å². The van der Waals surface area contributed by atoms with Crippen molar-refractivity contribution in [3.05, 3.63) is 41.9 Å². The number of rotatable bonds is 7. The van der Waals surface area contributed by atoms with Crippen molar-refractivity contribution in [3.8, 4) is 11.4 Å². The number of H-pyrrole nitrogens is 1. The monoisotopic (exact) mass is 540 g/mol. The van der Waals surface area contributed by atoms with E-state index in [1.165, 1.54) is 11.1 Å². The Morgan fingerprint density at radius 2 is 1.89 bits per heavy atom. The van der Waals surface area contributed by atoms with Crippen LogP contribution in [0.5, 0.6) is 0 Å². The third-order valence-corrected chi connectivity index (χ3v) is 8.65. The van der Waals surface area contributed by atoms with E-state index >= 15 is 0 Å². The molecule has 1 radical (unpaired) electrons. The highest BCUT2D eigenvalue weighted by molar-refractivity contribution is 7.90. The molecule has 2 aliphatic rings. The molecule has 4 aromatic rings. The molecule has 0 amide bonds. The second-order valence-corrected chi connectivity index (χ2v) is 12.9. The van der Waals surface area contributed by atoms with E-state index in [4.69, 9.17) is 14.7 Å². The van der Waals surface area contributed by atoms with E-state index in [0.717, 1.165) is 78.3 Å². The van der Waals surface area contributed by atoms with Gasteiger partial charge in [0.2, 0.25) is 0 Å². The summed E-state index contributed by atoms with van der Waals surface area (Å²) in [6, 6.07) is 8.31. The van der Waals surface area contributed by atoms with E-state index in [0.29, 0.717) is 19.0 Å². The minimum atomic E-state index is -2.99. The molecule has 0 atom stereocenters. The molecule has 5 heterocycles. The Morgan fingerprint density at radius 3 is 2.68 bits per heavy atom. The molecule has 2 fully saturated rings. The highest BCUT2D eigenvalue weighted by atomic mass is 32.2. The number of morpholine rings is 1. The van der Waals surface area contributed by atoms with Gasteiger partial charge in [0, 0.05) is 74.4 Å². The number of nitrogens with one attached hydrogen (secondary N) is 1. The second kappa shape index (κ2) is 10.3. The lowest BCUT2D eigenvalue weighted by atomic mass is 10.1. The van der Waals surface area contributed by atoms with E-state index < -0.39 is 9.84 Å². The molecule has 1 aromatic carbocycles. The molecule has 2 saturated heterocycles. The topological polar surface area (TPSA) is 108 Å². The van der Waals surface area contributed by atoms with Crippen molar-refractivity contribution in [1.29, 1.82) is 0 Å². The normalized spacial score (nSPS) is 18.2. The summed E-state index contributed by atoms with van der Waals surface area (Å²) in [7, 11) is -2.99. The number of aromatic nitrogens is 4. The van der Waals surface area contributed by atoms with Crippen LogP contribution in [0.2, 0.25) is 0 Å². The summed E-state index contributed by atoms with van der Waals surface area (Å²) >= 11 is 1.72. The first-order chi connectivity index (χ1) is 17.9. The van der Waals surface area contributed by atoms with Crippen molar-refractivity contribution in [1.82, 2.24) is 30.0 Å². The summed E-state index contributed by atoms with van der Waals surface area (Å²) in [5.41, 5.74) is 1.94. The molecule has 1 N–H and O–H groups in total. The van der Waals surface area contributed by atoms with Crippen LogP contribution in [-0.2, 0) is 21.1 Å². The van der Waals surface area contributed by atoms with Gasteiger partial charge in [0.1, 0.15) is 20.5 Å². The predicted octanol–water partition coefficient (Wildman–Crippen LogP) is 2.40. The van der Waals surface area contributed by atoms with Crippen LogP contribution in [0.4, 0.5) is 5.82 Å². The van der Waals surface area contributed by atoms with Gasteiger partial charge in [-0.2, -0.15) is 5.10 Å². The maximum atomic E-state index is 11.5. The molecule has 2 aliphatic heterocycles. The minimum Gasteiger partial charge on any atom is -0.378 e. The largest absolute Gasteiger partial charge is 0.378 e. The zero-order valence-corrected chi connectivity index (χ0v) is 22.4. The maximum Gasteiger partial charge on any atom is 0.163 e. The lowest BCUT2D eigenvalue weighted by Gasteiger charge is -2.34. The lowest BCUT2D eigenvalue weighted by Crippen LogP contribution is -2.45. The first kappa shape index (κ1) is 24.7. The summed E-state index contributed by atoms with van der Waals surface area (Å²) in [6.07, 6.45) is 3.11. The molecule has 3 aromatic heterocycles. The molecule has 0 unspecified atom stereocenters. The number of aromatic amines is 1. The van der Waals surface area contributed by atoms with Gasteiger partial charge >= 0.3 is 0 Å². The standard InChI is InChI=1S/C25H30N7O3S2/c1-37(33,34)14-11-30-5-7-31(8-6-30)17-18-15-20-24(32-9-12-35-13-10-32)27-23(28-25(20)36-18)19-3-2-4-22-21(19)16-26-29-22/h2-4,11,15-16H,5-10,12-14,17H2,1H3,(H,26,29). The number of anilines is 1. The van der Waals surface area contributed by atoms with Crippen molar-refractivity contribution in [2.24, 2.45) is 0 Å². The summed E-state index contributed by atoms with van der Waals surface area (Å²) < 4.78 is 28.6.